The van der Waals surface area contributed by atoms with E-state index in [1.807, 2.05) is 0 Å². The number of carbonyl (C=O) groups excluding carboxylic acids is 1. The molecule has 1 N–H and O–H groups in total. The average molecular weight is 303 g/mol. The summed E-state index contributed by atoms with van der Waals surface area (Å²) < 4.78 is 5.26. The number of carbonyl (C=O) groups is 2. The highest BCUT2D eigenvalue weighted by Crippen LogP contribution is 2.41. The highest BCUT2D eigenvalue weighted by molar-refractivity contribution is 5.99. The quantitative estimate of drug-likeness (QED) is 0.932. The van der Waals surface area contributed by atoms with E-state index in [1.54, 1.807) is 29.2 Å². The number of carboxylic acid groups (broad SMARTS) is 1. The molecule has 3 rings (SSSR count). The molecule has 2 fully saturated rings. The normalized spacial score (nSPS) is 27.3. The van der Waals surface area contributed by atoms with Crippen molar-refractivity contribution in [3.63, 3.8) is 0 Å². The second kappa shape index (κ2) is 5.99. The number of nitrogens with zero attached hydrogens (tertiary/aromatic N) is 1. The van der Waals surface area contributed by atoms with Crippen LogP contribution in [0.25, 0.3) is 0 Å². The number of fused-ring (bicyclic) bond motifs is 1. The highest BCUT2D eigenvalue weighted by Gasteiger charge is 2.48. The van der Waals surface area contributed by atoms with Gasteiger partial charge in [-0.05, 0) is 37.3 Å². The summed E-state index contributed by atoms with van der Waals surface area (Å²) in [5.74, 6) is -0.318. The lowest BCUT2D eigenvalue weighted by Crippen LogP contribution is -2.46. The highest BCUT2D eigenvalue weighted by atomic mass is 16.5. The van der Waals surface area contributed by atoms with Crippen LogP contribution in [-0.2, 0) is 4.79 Å². The van der Waals surface area contributed by atoms with Gasteiger partial charge in [0.25, 0.3) is 5.91 Å². The van der Waals surface area contributed by atoms with Crippen LogP contribution in [0.2, 0.25) is 0 Å². The lowest BCUT2D eigenvalue weighted by Gasteiger charge is -2.33. The van der Waals surface area contributed by atoms with Gasteiger partial charge in [-0.3, -0.25) is 4.79 Å². The third kappa shape index (κ3) is 2.45. The van der Waals surface area contributed by atoms with E-state index in [0.717, 1.165) is 25.7 Å². The van der Waals surface area contributed by atoms with E-state index in [4.69, 9.17) is 4.74 Å². The van der Waals surface area contributed by atoms with Crippen LogP contribution < -0.4 is 4.74 Å². The van der Waals surface area contributed by atoms with E-state index in [2.05, 4.69) is 0 Å². The van der Waals surface area contributed by atoms with Crippen molar-refractivity contribution in [3.05, 3.63) is 29.8 Å². The van der Waals surface area contributed by atoms with Gasteiger partial charge in [0.1, 0.15) is 11.8 Å². The monoisotopic (exact) mass is 303 g/mol. The number of carboxylic acids is 1. The van der Waals surface area contributed by atoms with Gasteiger partial charge >= 0.3 is 5.97 Å². The number of ether oxygens (including phenoxy) is 1. The molecule has 0 radical (unpaired) electrons. The van der Waals surface area contributed by atoms with Crippen LogP contribution in [0, 0.1) is 5.92 Å². The molecule has 3 atom stereocenters. The molecule has 3 unspecified atom stereocenters. The minimum atomic E-state index is -0.905. The summed E-state index contributed by atoms with van der Waals surface area (Å²) in [6.07, 6.45) is 4.67. The molecule has 2 aliphatic rings. The Morgan fingerprint density at radius 1 is 1.23 bits per heavy atom. The van der Waals surface area contributed by atoms with Gasteiger partial charge in [-0.15, -0.1) is 0 Å². The smallest absolute Gasteiger partial charge is 0.326 e. The molecule has 5 nitrogen and oxygen atoms in total. The summed E-state index contributed by atoms with van der Waals surface area (Å²) in [6.45, 7) is 0. The zero-order valence-corrected chi connectivity index (χ0v) is 12.7. The summed E-state index contributed by atoms with van der Waals surface area (Å²) in [7, 11) is 1.52. The lowest BCUT2D eigenvalue weighted by molar-refractivity contribution is -0.141. The molecule has 1 amide bonds. The number of hydrogen-bond donors (Lipinski definition) is 1. The Morgan fingerprint density at radius 2 is 1.95 bits per heavy atom. The number of rotatable bonds is 3. The SMILES string of the molecule is COc1ccccc1C(=O)N1C(C(=O)O)CC2CCCCC21. The van der Waals surface area contributed by atoms with Gasteiger partial charge in [0.2, 0.25) is 0 Å². The molecule has 1 heterocycles. The first-order chi connectivity index (χ1) is 10.6. The van der Waals surface area contributed by atoms with Gasteiger partial charge in [-0.25, -0.2) is 4.79 Å². The number of amides is 1. The van der Waals surface area contributed by atoms with Gasteiger partial charge in [0.05, 0.1) is 12.7 Å². The zero-order valence-electron chi connectivity index (χ0n) is 12.7. The lowest BCUT2D eigenvalue weighted by atomic mass is 9.84. The predicted molar refractivity (Wildman–Crippen MR) is 81.0 cm³/mol. The van der Waals surface area contributed by atoms with E-state index >= 15 is 0 Å². The van der Waals surface area contributed by atoms with Gasteiger partial charge in [-0.1, -0.05) is 25.0 Å². The Labute approximate surface area is 129 Å². The topological polar surface area (TPSA) is 66.8 Å². The van der Waals surface area contributed by atoms with E-state index in [-0.39, 0.29) is 11.9 Å². The van der Waals surface area contributed by atoms with Gasteiger partial charge in [0.15, 0.2) is 0 Å². The van der Waals surface area contributed by atoms with Crippen LogP contribution in [0.3, 0.4) is 0 Å². The Kier molecular flexibility index (Phi) is 4.05. The Hall–Kier alpha value is -2.04. The molecule has 22 heavy (non-hydrogen) atoms. The first-order valence-electron chi connectivity index (χ1n) is 7.82. The summed E-state index contributed by atoms with van der Waals surface area (Å²) in [4.78, 5) is 26.2. The second-order valence-corrected chi connectivity index (χ2v) is 6.11. The molecule has 1 saturated heterocycles. The van der Waals surface area contributed by atoms with E-state index < -0.39 is 12.0 Å². The number of methoxy groups -OCH3 is 1. The maximum atomic E-state index is 13.0. The Bertz CT molecular complexity index is 586. The first kappa shape index (κ1) is 14.9. The van der Waals surface area contributed by atoms with Crippen LogP contribution in [0.4, 0.5) is 0 Å². The summed E-state index contributed by atoms with van der Waals surface area (Å²) in [5.41, 5.74) is 0.447. The Morgan fingerprint density at radius 3 is 2.68 bits per heavy atom. The number of para-hydroxylation sites is 1. The first-order valence-corrected chi connectivity index (χ1v) is 7.82. The number of likely N-dealkylation sites (tertiary alicyclic amines) is 1. The van der Waals surface area contributed by atoms with Gasteiger partial charge in [0, 0.05) is 6.04 Å². The van der Waals surface area contributed by atoms with Crippen LogP contribution in [-0.4, -0.2) is 41.1 Å². The molecule has 1 aliphatic heterocycles. The van der Waals surface area contributed by atoms with Crippen molar-refractivity contribution in [2.75, 3.05) is 7.11 Å². The summed E-state index contributed by atoms with van der Waals surface area (Å²) >= 11 is 0. The minimum absolute atomic E-state index is 0.0484. The van der Waals surface area contributed by atoms with E-state index in [1.165, 1.54) is 7.11 Å². The van der Waals surface area contributed by atoms with Crippen molar-refractivity contribution in [2.45, 2.75) is 44.2 Å². The molecule has 1 aromatic rings. The molecule has 1 saturated carbocycles. The standard InChI is InChI=1S/C17H21NO4/c1-22-15-9-5-3-7-12(15)16(19)18-13-8-4-2-6-11(13)10-14(18)17(20)21/h3,5,7,9,11,13-14H,2,4,6,8,10H2,1H3,(H,20,21). The molecular weight excluding hydrogens is 282 g/mol. The van der Waals surface area contributed by atoms with E-state index in [9.17, 15) is 14.7 Å². The largest absolute Gasteiger partial charge is 0.496 e. The van der Waals surface area contributed by atoms with Crippen LogP contribution in [0.5, 0.6) is 5.75 Å². The van der Waals surface area contributed by atoms with Crippen LogP contribution >= 0.6 is 0 Å². The third-order valence-electron chi connectivity index (χ3n) is 4.94. The minimum Gasteiger partial charge on any atom is -0.496 e. The maximum absolute atomic E-state index is 13.0. The van der Waals surface area contributed by atoms with Crippen molar-refractivity contribution in [3.8, 4) is 5.75 Å². The molecule has 118 valence electrons. The van der Waals surface area contributed by atoms with Gasteiger partial charge < -0.3 is 14.7 Å². The molecule has 0 spiro atoms. The van der Waals surface area contributed by atoms with Crippen LogP contribution in [0.1, 0.15) is 42.5 Å². The van der Waals surface area contributed by atoms with Crippen molar-refractivity contribution in [1.82, 2.24) is 4.90 Å². The second-order valence-electron chi connectivity index (χ2n) is 6.11. The number of benzene rings is 1. The van der Waals surface area contributed by atoms with Crippen molar-refractivity contribution in [1.29, 1.82) is 0 Å². The number of hydrogen-bond acceptors (Lipinski definition) is 3. The van der Waals surface area contributed by atoms with Crippen molar-refractivity contribution >= 4 is 11.9 Å². The average Bonchev–Trinajstić information content (AvgIpc) is 2.94. The maximum Gasteiger partial charge on any atom is 0.326 e. The van der Waals surface area contributed by atoms with Gasteiger partial charge in [-0.2, -0.15) is 0 Å². The molecule has 0 bridgehead atoms. The summed E-state index contributed by atoms with van der Waals surface area (Å²) in [5, 5.41) is 9.53. The summed E-state index contributed by atoms with van der Waals surface area (Å²) in [6, 6.07) is 6.35. The third-order valence-corrected chi connectivity index (χ3v) is 4.94. The van der Waals surface area contributed by atoms with Crippen molar-refractivity contribution < 1.29 is 19.4 Å². The van der Waals surface area contributed by atoms with Crippen LogP contribution in [0.15, 0.2) is 24.3 Å². The predicted octanol–water partition coefficient (Wildman–Crippen LogP) is 2.55. The fourth-order valence-corrected chi connectivity index (χ4v) is 3.93. The van der Waals surface area contributed by atoms with Crippen molar-refractivity contribution in [2.24, 2.45) is 5.92 Å². The fraction of sp³-hybridized carbons (Fsp3) is 0.529. The number of aliphatic carboxylic acids is 1. The molecular formula is C17H21NO4. The Balaban J connectivity index is 1.95. The van der Waals surface area contributed by atoms with E-state index in [0.29, 0.717) is 23.7 Å². The fourth-order valence-electron chi connectivity index (χ4n) is 3.93. The molecule has 1 aromatic carbocycles. The molecule has 0 aromatic heterocycles. The zero-order chi connectivity index (χ0) is 15.7. The molecule has 5 heteroatoms. The molecule has 1 aliphatic carbocycles.